The Hall–Kier alpha value is -1.60. The number of nitrogens with one attached hydrogen (secondary N) is 1. The number of rotatable bonds is 7. The summed E-state index contributed by atoms with van der Waals surface area (Å²) in [6.07, 6.45) is -0.100. The molecule has 0 bridgehead atoms. The van der Waals surface area contributed by atoms with E-state index in [1.165, 1.54) is 18.2 Å². The topological polar surface area (TPSA) is 92.7 Å². The highest BCUT2D eigenvalue weighted by molar-refractivity contribution is 7.89. The smallest absolute Gasteiger partial charge is 0.306 e. The first-order valence-corrected chi connectivity index (χ1v) is 7.30. The van der Waals surface area contributed by atoms with Gasteiger partial charge in [0.05, 0.1) is 17.9 Å². The fourth-order valence-corrected chi connectivity index (χ4v) is 2.60. The zero-order valence-electron chi connectivity index (χ0n) is 10.8. The molecule has 0 aromatic heterocycles. The fraction of sp³-hybridized carbons (Fsp3) is 0.417. The molecular weight excluding hydrogens is 270 g/mol. The third kappa shape index (κ3) is 4.53. The molecule has 1 rings (SSSR count). The summed E-state index contributed by atoms with van der Waals surface area (Å²) in [6, 6.07) is 4.45. The highest BCUT2D eigenvalue weighted by Crippen LogP contribution is 2.21. The van der Waals surface area contributed by atoms with Gasteiger partial charge < -0.3 is 9.84 Å². The van der Waals surface area contributed by atoms with Crippen LogP contribution < -0.4 is 9.46 Å². The zero-order valence-corrected chi connectivity index (χ0v) is 11.7. The van der Waals surface area contributed by atoms with E-state index in [4.69, 9.17) is 9.84 Å². The lowest BCUT2D eigenvalue weighted by Gasteiger charge is -2.10. The number of aryl methyl sites for hydroxylation is 1. The van der Waals surface area contributed by atoms with Crippen LogP contribution in [0.25, 0.3) is 0 Å². The molecule has 7 heteroatoms. The second kappa shape index (κ2) is 6.53. The predicted octanol–water partition coefficient (Wildman–Crippen LogP) is 1.15. The third-order valence-corrected chi connectivity index (χ3v) is 3.91. The first-order valence-electron chi connectivity index (χ1n) is 5.81. The van der Waals surface area contributed by atoms with Crippen LogP contribution in [0.3, 0.4) is 0 Å². The Bertz CT molecular complexity index is 553. The lowest BCUT2D eigenvalue weighted by atomic mass is 10.2. The van der Waals surface area contributed by atoms with Gasteiger partial charge in [-0.05, 0) is 30.7 Å². The normalized spacial score (nSPS) is 11.3. The molecule has 0 fully saturated rings. The Balaban J connectivity index is 2.83. The van der Waals surface area contributed by atoms with Crippen molar-refractivity contribution in [1.29, 1.82) is 0 Å². The number of carboxylic acid groups (broad SMARTS) is 1. The zero-order chi connectivity index (χ0) is 14.5. The van der Waals surface area contributed by atoms with Crippen molar-refractivity contribution in [2.75, 3.05) is 13.2 Å². The Morgan fingerprint density at radius 2 is 2.11 bits per heavy atom. The summed E-state index contributed by atoms with van der Waals surface area (Å²) in [5.74, 6) is -0.458. The number of carbonyl (C=O) groups is 1. The minimum absolute atomic E-state index is 0.0511. The summed E-state index contributed by atoms with van der Waals surface area (Å²) < 4.78 is 31.2. The predicted molar refractivity (Wildman–Crippen MR) is 69.8 cm³/mol. The van der Waals surface area contributed by atoms with Crippen LogP contribution in [0.2, 0.25) is 0 Å². The van der Waals surface area contributed by atoms with E-state index in [9.17, 15) is 13.2 Å². The Kier molecular flexibility index (Phi) is 5.31. The van der Waals surface area contributed by atoms with Crippen LogP contribution in [-0.4, -0.2) is 32.6 Å². The molecule has 0 aliphatic rings. The summed E-state index contributed by atoms with van der Waals surface area (Å²) in [5.41, 5.74) is 0.643. The lowest BCUT2D eigenvalue weighted by Crippen LogP contribution is -2.23. The van der Waals surface area contributed by atoms with Crippen LogP contribution >= 0.6 is 0 Å². The number of hydrogen-bond donors (Lipinski definition) is 2. The number of aliphatic carboxylic acids is 1. The second-order valence-electron chi connectivity index (χ2n) is 3.92. The Morgan fingerprint density at radius 3 is 2.63 bits per heavy atom. The molecule has 1 aromatic rings. The molecule has 1 aromatic carbocycles. The number of benzene rings is 1. The number of carboxylic acids is 1. The standard InChI is InChI=1S/C12H17NO5S/c1-3-13-19(16,17)10-4-5-11(9(2)8-10)18-7-6-12(14)15/h4-5,8,13H,3,6-7H2,1-2H3,(H,14,15). The van der Waals surface area contributed by atoms with E-state index in [2.05, 4.69) is 4.72 Å². The SMILES string of the molecule is CCNS(=O)(=O)c1ccc(OCCC(=O)O)c(C)c1. The van der Waals surface area contributed by atoms with Gasteiger partial charge in [0.25, 0.3) is 0 Å². The molecule has 0 aliphatic carbocycles. The molecule has 0 amide bonds. The van der Waals surface area contributed by atoms with Crippen molar-refractivity contribution >= 4 is 16.0 Å². The van der Waals surface area contributed by atoms with Crippen LogP contribution in [0.1, 0.15) is 18.9 Å². The summed E-state index contributed by atoms with van der Waals surface area (Å²) in [4.78, 5) is 10.5. The molecule has 0 spiro atoms. The molecular formula is C12H17NO5S. The minimum Gasteiger partial charge on any atom is -0.493 e. The van der Waals surface area contributed by atoms with E-state index in [-0.39, 0.29) is 17.9 Å². The molecule has 0 atom stereocenters. The summed E-state index contributed by atoms with van der Waals surface area (Å²) in [7, 11) is -3.48. The molecule has 0 saturated carbocycles. The van der Waals surface area contributed by atoms with Gasteiger partial charge in [0.15, 0.2) is 0 Å². The van der Waals surface area contributed by atoms with Gasteiger partial charge in [-0.25, -0.2) is 13.1 Å². The Labute approximate surface area is 112 Å². The van der Waals surface area contributed by atoms with Crippen molar-refractivity contribution in [3.05, 3.63) is 23.8 Å². The first-order chi connectivity index (χ1) is 8.86. The average molecular weight is 287 g/mol. The van der Waals surface area contributed by atoms with Gasteiger partial charge >= 0.3 is 5.97 Å². The van der Waals surface area contributed by atoms with Crippen LogP contribution in [0.5, 0.6) is 5.75 Å². The lowest BCUT2D eigenvalue weighted by molar-refractivity contribution is -0.137. The first kappa shape index (κ1) is 15.5. The number of ether oxygens (including phenoxy) is 1. The number of sulfonamides is 1. The van der Waals surface area contributed by atoms with E-state index in [1.54, 1.807) is 13.8 Å². The van der Waals surface area contributed by atoms with Gasteiger partial charge in [-0.1, -0.05) is 6.92 Å². The molecule has 0 radical (unpaired) electrons. The van der Waals surface area contributed by atoms with Crippen molar-refractivity contribution in [1.82, 2.24) is 4.72 Å². The third-order valence-electron chi connectivity index (χ3n) is 2.36. The summed E-state index contributed by atoms with van der Waals surface area (Å²) in [6.45, 7) is 3.78. The summed E-state index contributed by atoms with van der Waals surface area (Å²) >= 11 is 0. The summed E-state index contributed by atoms with van der Waals surface area (Å²) in [5, 5.41) is 8.50. The van der Waals surface area contributed by atoms with Crippen LogP contribution in [0, 0.1) is 6.92 Å². The van der Waals surface area contributed by atoms with Crippen molar-refractivity contribution in [3.63, 3.8) is 0 Å². The Morgan fingerprint density at radius 1 is 1.42 bits per heavy atom. The maximum atomic E-state index is 11.8. The number of hydrogen-bond acceptors (Lipinski definition) is 4. The molecule has 106 valence electrons. The van der Waals surface area contributed by atoms with Crippen molar-refractivity contribution in [3.8, 4) is 5.75 Å². The van der Waals surface area contributed by atoms with Crippen molar-refractivity contribution in [2.24, 2.45) is 0 Å². The van der Waals surface area contributed by atoms with Crippen molar-refractivity contribution < 1.29 is 23.1 Å². The van der Waals surface area contributed by atoms with Crippen LogP contribution in [-0.2, 0) is 14.8 Å². The van der Waals surface area contributed by atoms with Gasteiger partial charge in [-0.2, -0.15) is 0 Å². The highest BCUT2D eigenvalue weighted by atomic mass is 32.2. The maximum absolute atomic E-state index is 11.8. The van der Waals surface area contributed by atoms with Crippen LogP contribution in [0.15, 0.2) is 23.1 Å². The molecule has 0 heterocycles. The molecule has 0 saturated heterocycles. The van der Waals surface area contributed by atoms with Gasteiger partial charge in [-0.3, -0.25) is 4.79 Å². The molecule has 19 heavy (non-hydrogen) atoms. The quantitative estimate of drug-likeness (QED) is 0.784. The molecule has 6 nitrogen and oxygen atoms in total. The van der Waals surface area contributed by atoms with Crippen molar-refractivity contribution in [2.45, 2.75) is 25.2 Å². The fourth-order valence-electron chi connectivity index (χ4n) is 1.47. The minimum atomic E-state index is -3.48. The van der Waals surface area contributed by atoms with Gasteiger partial charge in [-0.15, -0.1) is 0 Å². The maximum Gasteiger partial charge on any atom is 0.306 e. The van der Waals surface area contributed by atoms with Gasteiger partial charge in [0.2, 0.25) is 10.0 Å². The molecule has 2 N–H and O–H groups in total. The second-order valence-corrected chi connectivity index (χ2v) is 5.69. The van der Waals surface area contributed by atoms with Gasteiger partial charge in [0, 0.05) is 6.54 Å². The van der Waals surface area contributed by atoms with Gasteiger partial charge in [0.1, 0.15) is 5.75 Å². The van der Waals surface area contributed by atoms with E-state index in [1.807, 2.05) is 0 Å². The monoisotopic (exact) mass is 287 g/mol. The van der Waals surface area contributed by atoms with E-state index in [0.717, 1.165) is 0 Å². The molecule has 0 aliphatic heterocycles. The molecule has 0 unspecified atom stereocenters. The average Bonchev–Trinajstić information content (AvgIpc) is 2.30. The van der Waals surface area contributed by atoms with Crippen LogP contribution in [0.4, 0.5) is 0 Å². The highest BCUT2D eigenvalue weighted by Gasteiger charge is 2.14. The van der Waals surface area contributed by atoms with E-state index < -0.39 is 16.0 Å². The van der Waals surface area contributed by atoms with E-state index in [0.29, 0.717) is 17.9 Å². The van der Waals surface area contributed by atoms with E-state index >= 15 is 0 Å². The largest absolute Gasteiger partial charge is 0.493 e.